The summed E-state index contributed by atoms with van der Waals surface area (Å²) in [6, 6.07) is 10.0. The molecule has 0 saturated heterocycles. The summed E-state index contributed by atoms with van der Waals surface area (Å²) < 4.78 is 0.758. The molecular formula is C15H16BrClN2. The van der Waals surface area contributed by atoms with Crippen molar-refractivity contribution >= 4 is 27.5 Å². The van der Waals surface area contributed by atoms with Crippen LogP contribution in [-0.2, 0) is 6.42 Å². The molecule has 0 aliphatic carbocycles. The van der Waals surface area contributed by atoms with E-state index in [1.165, 1.54) is 0 Å². The standard InChI is InChI=1S/C15H16BrClN2/c1-10(2)8-9-12-18-14(13(16)15(17)19-12)11-6-4-3-5-7-11/h3-7,10H,8-9H2,1-2H3. The van der Waals surface area contributed by atoms with Gasteiger partial charge < -0.3 is 0 Å². The molecule has 0 unspecified atom stereocenters. The lowest BCUT2D eigenvalue weighted by atomic mass is 10.1. The van der Waals surface area contributed by atoms with Gasteiger partial charge in [0.25, 0.3) is 0 Å². The molecule has 0 atom stereocenters. The van der Waals surface area contributed by atoms with Crippen molar-refractivity contribution in [3.8, 4) is 11.3 Å². The second-order valence-electron chi connectivity index (χ2n) is 4.89. The van der Waals surface area contributed by atoms with E-state index in [0.717, 1.165) is 34.4 Å². The minimum absolute atomic E-state index is 0.479. The van der Waals surface area contributed by atoms with E-state index in [2.05, 4.69) is 39.7 Å². The molecule has 2 rings (SSSR count). The molecule has 0 aliphatic rings. The van der Waals surface area contributed by atoms with Gasteiger partial charge in [-0.05, 0) is 28.3 Å². The molecule has 0 fully saturated rings. The zero-order valence-electron chi connectivity index (χ0n) is 11.0. The van der Waals surface area contributed by atoms with Gasteiger partial charge >= 0.3 is 0 Å². The van der Waals surface area contributed by atoms with Crippen LogP contribution in [0.3, 0.4) is 0 Å². The van der Waals surface area contributed by atoms with E-state index in [0.29, 0.717) is 11.1 Å². The third-order valence-corrected chi connectivity index (χ3v) is 4.10. The van der Waals surface area contributed by atoms with Crippen molar-refractivity contribution in [2.75, 3.05) is 0 Å². The van der Waals surface area contributed by atoms with Crippen molar-refractivity contribution in [2.24, 2.45) is 5.92 Å². The van der Waals surface area contributed by atoms with Gasteiger partial charge in [0.15, 0.2) is 0 Å². The number of nitrogens with zero attached hydrogens (tertiary/aromatic N) is 2. The molecule has 2 nitrogen and oxygen atoms in total. The molecule has 1 heterocycles. The molecular weight excluding hydrogens is 324 g/mol. The molecule has 0 radical (unpaired) electrons. The topological polar surface area (TPSA) is 25.8 Å². The zero-order chi connectivity index (χ0) is 13.8. The third-order valence-electron chi connectivity index (χ3n) is 2.85. The van der Waals surface area contributed by atoms with Gasteiger partial charge in [0.1, 0.15) is 11.0 Å². The Kier molecular flexibility index (Phi) is 4.94. The summed E-state index contributed by atoms with van der Waals surface area (Å²) in [4.78, 5) is 8.97. The van der Waals surface area contributed by atoms with E-state index in [-0.39, 0.29) is 0 Å². The first kappa shape index (κ1) is 14.5. The van der Waals surface area contributed by atoms with E-state index in [9.17, 15) is 0 Å². The maximum atomic E-state index is 6.19. The van der Waals surface area contributed by atoms with E-state index in [1.807, 2.05) is 30.3 Å². The van der Waals surface area contributed by atoms with Crippen LogP contribution in [0.25, 0.3) is 11.3 Å². The average Bonchev–Trinajstić information content (AvgIpc) is 2.41. The molecule has 0 N–H and O–H groups in total. The normalized spacial score (nSPS) is 11.0. The molecule has 0 amide bonds. The molecule has 1 aromatic carbocycles. The summed E-state index contributed by atoms with van der Waals surface area (Å²) >= 11 is 9.66. The molecule has 2 aromatic rings. The molecule has 0 saturated carbocycles. The van der Waals surface area contributed by atoms with Gasteiger partial charge in [-0.3, -0.25) is 0 Å². The van der Waals surface area contributed by atoms with Gasteiger partial charge in [-0.2, -0.15) is 0 Å². The number of halogens is 2. The Morgan fingerprint density at radius 3 is 2.47 bits per heavy atom. The Morgan fingerprint density at radius 2 is 1.84 bits per heavy atom. The van der Waals surface area contributed by atoms with Gasteiger partial charge in [0.2, 0.25) is 0 Å². The maximum absolute atomic E-state index is 6.19. The van der Waals surface area contributed by atoms with Crippen molar-refractivity contribution in [3.63, 3.8) is 0 Å². The van der Waals surface area contributed by atoms with Crippen LogP contribution in [-0.4, -0.2) is 9.97 Å². The van der Waals surface area contributed by atoms with Crippen molar-refractivity contribution in [1.29, 1.82) is 0 Å². The SMILES string of the molecule is CC(C)CCc1nc(Cl)c(Br)c(-c2ccccc2)n1. The lowest BCUT2D eigenvalue weighted by Crippen LogP contribution is -2.01. The van der Waals surface area contributed by atoms with Crippen molar-refractivity contribution in [3.05, 3.63) is 45.8 Å². The first-order valence-corrected chi connectivity index (χ1v) is 7.52. The predicted molar refractivity (Wildman–Crippen MR) is 83.3 cm³/mol. The molecule has 19 heavy (non-hydrogen) atoms. The van der Waals surface area contributed by atoms with Crippen molar-refractivity contribution in [1.82, 2.24) is 9.97 Å². The van der Waals surface area contributed by atoms with Crippen LogP contribution >= 0.6 is 27.5 Å². The van der Waals surface area contributed by atoms with Crippen LogP contribution in [0.4, 0.5) is 0 Å². The average molecular weight is 340 g/mol. The predicted octanol–water partition coefficient (Wildman–Crippen LogP) is 5.15. The highest BCUT2D eigenvalue weighted by Crippen LogP contribution is 2.31. The fourth-order valence-corrected chi connectivity index (χ4v) is 2.37. The van der Waals surface area contributed by atoms with Crippen LogP contribution < -0.4 is 0 Å². The molecule has 1 aromatic heterocycles. The second kappa shape index (κ2) is 6.49. The van der Waals surface area contributed by atoms with Gasteiger partial charge in [-0.15, -0.1) is 0 Å². The minimum Gasteiger partial charge on any atom is -0.232 e. The lowest BCUT2D eigenvalue weighted by molar-refractivity contribution is 0.575. The van der Waals surface area contributed by atoms with Crippen molar-refractivity contribution in [2.45, 2.75) is 26.7 Å². The summed E-state index contributed by atoms with van der Waals surface area (Å²) in [5.41, 5.74) is 1.91. The first-order chi connectivity index (χ1) is 9.08. The fourth-order valence-electron chi connectivity index (χ4n) is 1.78. The monoisotopic (exact) mass is 338 g/mol. The quantitative estimate of drug-likeness (QED) is 0.720. The van der Waals surface area contributed by atoms with Gasteiger partial charge in [0.05, 0.1) is 10.2 Å². The highest BCUT2D eigenvalue weighted by Gasteiger charge is 2.12. The number of hydrogen-bond donors (Lipinski definition) is 0. The molecule has 0 spiro atoms. The highest BCUT2D eigenvalue weighted by atomic mass is 79.9. The summed E-state index contributed by atoms with van der Waals surface area (Å²) in [6.07, 6.45) is 1.91. The van der Waals surface area contributed by atoms with E-state index in [4.69, 9.17) is 11.6 Å². The highest BCUT2D eigenvalue weighted by molar-refractivity contribution is 9.10. The second-order valence-corrected chi connectivity index (χ2v) is 6.04. The Balaban J connectivity index is 2.38. The lowest BCUT2D eigenvalue weighted by Gasteiger charge is -2.09. The Morgan fingerprint density at radius 1 is 1.16 bits per heavy atom. The number of benzene rings is 1. The summed E-state index contributed by atoms with van der Waals surface area (Å²) in [6.45, 7) is 4.39. The fraction of sp³-hybridized carbons (Fsp3) is 0.333. The van der Waals surface area contributed by atoms with Gasteiger partial charge in [-0.1, -0.05) is 55.8 Å². The maximum Gasteiger partial charge on any atom is 0.147 e. The van der Waals surface area contributed by atoms with E-state index in [1.54, 1.807) is 0 Å². The van der Waals surface area contributed by atoms with Crippen LogP contribution in [0.15, 0.2) is 34.8 Å². The summed E-state index contributed by atoms with van der Waals surface area (Å²) in [5.74, 6) is 1.44. The number of aromatic nitrogens is 2. The molecule has 0 aliphatic heterocycles. The summed E-state index contributed by atoms with van der Waals surface area (Å²) in [5, 5.41) is 0.479. The van der Waals surface area contributed by atoms with E-state index >= 15 is 0 Å². The summed E-state index contributed by atoms with van der Waals surface area (Å²) in [7, 11) is 0. The first-order valence-electron chi connectivity index (χ1n) is 6.35. The van der Waals surface area contributed by atoms with Crippen LogP contribution in [0.5, 0.6) is 0 Å². The van der Waals surface area contributed by atoms with Crippen molar-refractivity contribution < 1.29 is 0 Å². The van der Waals surface area contributed by atoms with Crippen LogP contribution in [0, 0.1) is 5.92 Å². The molecule has 4 heteroatoms. The Bertz CT molecular complexity index is 556. The number of rotatable bonds is 4. The van der Waals surface area contributed by atoms with Crippen LogP contribution in [0.1, 0.15) is 26.1 Å². The number of aryl methyl sites for hydroxylation is 1. The molecule has 100 valence electrons. The smallest absolute Gasteiger partial charge is 0.147 e. The van der Waals surface area contributed by atoms with Crippen LogP contribution in [0.2, 0.25) is 5.15 Å². The largest absolute Gasteiger partial charge is 0.232 e. The molecule has 0 bridgehead atoms. The number of hydrogen-bond acceptors (Lipinski definition) is 2. The Labute approximate surface area is 127 Å². The zero-order valence-corrected chi connectivity index (χ0v) is 13.4. The van der Waals surface area contributed by atoms with E-state index < -0.39 is 0 Å². The Hall–Kier alpha value is -0.930. The minimum atomic E-state index is 0.479. The third kappa shape index (κ3) is 3.77. The van der Waals surface area contributed by atoms with Gasteiger partial charge in [-0.25, -0.2) is 9.97 Å². The van der Waals surface area contributed by atoms with Gasteiger partial charge in [0, 0.05) is 12.0 Å².